The van der Waals surface area contributed by atoms with Crippen molar-refractivity contribution in [3.05, 3.63) is 24.3 Å². The van der Waals surface area contributed by atoms with Gasteiger partial charge < -0.3 is 24.1 Å². The van der Waals surface area contributed by atoms with Crippen molar-refractivity contribution < 1.29 is 33.6 Å². The second-order valence-corrected chi connectivity index (χ2v) is 8.02. The molecule has 0 spiro atoms. The van der Waals surface area contributed by atoms with Crippen LogP contribution in [0.3, 0.4) is 0 Å². The molecule has 2 heterocycles. The van der Waals surface area contributed by atoms with Crippen molar-refractivity contribution in [2.45, 2.75) is 44.9 Å². The first kappa shape index (κ1) is 21.5. The maximum atomic E-state index is 12.5. The first-order valence-corrected chi connectivity index (χ1v) is 9.53. The lowest BCUT2D eigenvalue weighted by molar-refractivity contribution is -0.142. The van der Waals surface area contributed by atoms with Crippen molar-refractivity contribution in [2.24, 2.45) is 0 Å². The lowest BCUT2D eigenvalue weighted by Gasteiger charge is -2.26. The van der Waals surface area contributed by atoms with E-state index in [-0.39, 0.29) is 13.0 Å². The van der Waals surface area contributed by atoms with Crippen LogP contribution in [0.15, 0.2) is 24.3 Å². The van der Waals surface area contributed by atoms with Crippen molar-refractivity contribution in [3.63, 3.8) is 0 Å². The van der Waals surface area contributed by atoms with E-state index in [4.69, 9.17) is 18.9 Å². The van der Waals surface area contributed by atoms with Crippen LogP contribution in [-0.4, -0.2) is 65.6 Å². The van der Waals surface area contributed by atoms with Crippen molar-refractivity contribution in [1.29, 1.82) is 0 Å². The van der Waals surface area contributed by atoms with Gasteiger partial charge in [0.05, 0.1) is 20.8 Å². The van der Waals surface area contributed by atoms with E-state index in [0.29, 0.717) is 17.5 Å². The topological polar surface area (TPSA) is 107 Å². The molecule has 0 unspecified atom stereocenters. The minimum atomic E-state index is -1.11. The largest absolute Gasteiger partial charge is 0.497 e. The standard InChI is InChI=1S/C21H26N2O7/c1-21(2,3)30-20(26)23-11-14(10-16(23)19(24)25)29-18-15-7-6-13(27-4)8-12(15)9-17(22-18)28-5/h6-9,14,16H,10-11H2,1-5H3,(H,24,25)/t14-,16+/m1/s1. The van der Waals surface area contributed by atoms with Crippen LogP contribution in [-0.2, 0) is 9.53 Å². The van der Waals surface area contributed by atoms with Crippen LogP contribution >= 0.6 is 0 Å². The van der Waals surface area contributed by atoms with E-state index in [1.807, 2.05) is 12.1 Å². The number of methoxy groups -OCH3 is 2. The zero-order valence-corrected chi connectivity index (χ0v) is 17.7. The molecule has 1 aromatic carbocycles. The van der Waals surface area contributed by atoms with Gasteiger partial charge in [0.25, 0.3) is 0 Å². The Hall–Kier alpha value is -3.23. The number of carbonyl (C=O) groups is 2. The Kier molecular flexibility index (Phi) is 5.91. The SMILES string of the molecule is COc1ccc2c(O[C@@H]3C[C@@H](C(=O)O)N(C(=O)OC(C)(C)C)C3)nc(OC)cc2c1. The molecule has 1 fully saturated rings. The lowest BCUT2D eigenvalue weighted by Crippen LogP contribution is -2.43. The molecule has 2 atom stereocenters. The third-order valence-electron chi connectivity index (χ3n) is 4.64. The average Bonchev–Trinajstić information content (AvgIpc) is 3.10. The maximum Gasteiger partial charge on any atom is 0.411 e. The van der Waals surface area contributed by atoms with Crippen LogP contribution in [0.25, 0.3) is 10.8 Å². The van der Waals surface area contributed by atoms with E-state index in [1.54, 1.807) is 40.0 Å². The van der Waals surface area contributed by atoms with Crippen LogP contribution in [0, 0.1) is 0 Å². The lowest BCUT2D eigenvalue weighted by atomic mass is 10.1. The number of rotatable bonds is 5. The normalized spacial score (nSPS) is 18.9. The fourth-order valence-corrected chi connectivity index (χ4v) is 3.30. The highest BCUT2D eigenvalue weighted by Crippen LogP contribution is 2.33. The van der Waals surface area contributed by atoms with Crippen LogP contribution in [0.4, 0.5) is 4.79 Å². The third kappa shape index (κ3) is 4.67. The van der Waals surface area contributed by atoms with E-state index < -0.39 is 29.8 Å². The predicted octanol–water partition coefficient (Wildman–Crippen LogP) is 3.09. The highest BCUT2D eigenvalue weighted by Gasteiger charge is 2.43. The zero-order valence-electron chi connectivity index (χ0n) is 17.7. The van der Waals surface area contributed by atoms with Gasteiger partial charge in [-0.2, -0.15) is 4.98 Å². The molecule has 1 aliphatic rings. The molecule has 0 bridgehead atoms. The van der Waals surface area contributed by atoms with Gasteiger partial charge in [-0.3, -0.25) is 4.90 Å². The van der Waals surface area contributed by atoms with Crippen molar-refractivity contribution in [3.8, 4) is 17.5 Å². The number of amides is 1. The predicted molar refractivity (Wildman–Crippen MR) is 108 cm³/mol. The number of ether oxygens (including phenoxy) is 4. The minimum absolute atomic E-state index is 0.0718. The molecule has 162 valence electrons. The Balaban J connectivity index is 1.88. The summed E-state index contributed by atoms with van der Waals surface area (Å²) in [6.07, 6.45) is -1.14. The van der Waals surface area contributed by atoms with Crippen LogP contribution in [0.2, 0.25) is 0 Å². The Morgan fingerprint density at radius 2 is 1.90 bits per heavy atom. The zero-order chi connectivity index (χ0) is 22.1. The summed E-state index contributed by atoms with van der Waals surface area (Å²) >= 11 is 0. The molecule has 9 nitrogen and oxygen atoms in total. The molecule has 1 saturated heterocycles. The second kappa shape index (κ2) is 8.25. The average molecular weight is 418 g/mol. The van der Waals surface area contributed by atoms with E-state index in [0.717, 1.165) is 10.8 Å². The number of hydrogen-bond donors (Lipinski definition) is 1. The molecule has 1 N–H and O–H groups in total. The molecular weight excluding hydrogens is 392 g/mol. The summed E-state index contributed by atoms with van der Waals surface area (Å²) in [4.78, 5) is 29.8. The van der Waals surface area contributed by atoms with Crippen molar-refractivity contribution >= 4 is 22.8 Å². The third-order valence-corrected chi connectivity index (χ3v) is 4.64. The van der Waals surface area contributed by atoms with Gasteiger partial charge in [0.15, 0.2) is 0 Å². The summed E-state index contributed by atoms with van der Waals surface area (Å²) in [5.74, 6) is 0.208. The number of likely N-dealkylation sites (tertiary alicyclic amines) is 1. The summed E-state index contributed by atoms with van der Waals surface area (Å²) in [5.41, 5.74) is -0.733. The number of aromatic nitrogens is 1. The number of pyridine rings is 1. The summed E-state index contributed by atoms with van der Waals surface area (Å²) in [7, 11) is 3.07. The highest BCUT2D eigenvalue weighted by atomic mass is 16.6. The number of benzene rings is 1. The molecule has 0 saturated carbocycles. The molecule has 0 aliphatic carbocycles. The first-order valence-electron chi connectivity index (χ1n) is 9.53. The molecule has 2 aromatic rings. The molecule has 9 heteroatoms. The molecule has 30 heavy (non-hydrogen) atoms. The number of nitrogens with zero attached hydrogens (tertiary/aromatic N) is 2. The highest BCUT2D eigenvalue weighted by molar-refractivity contribution is 5.89. The van der Waals surface area contributed by atoms with Gasteiger partial charge in [-0.05, 0) is 44.4 Å². The summed E-state index contributed by atoms with van der Waals surface area (Å²) in [6.45, 7) is 5.25. The van der Waals surface area contributed by atoms with Crippen molar-refractivity contribution in [2.75, 3.05) is 20.8 Å². The second-order valence-electron chi connectivity index (χ2n) is 8.02. The minimum Gasteiger partial charge on any atom is -0.497 e. The van der Waals surface area contributed by atoms with Crippen LogP contribution < -0.4 is 14.2 Å². The maximum absolute atomic E-state index is 12.5. The van der Waals surface area contributed by atoms with E-state index in [9.17, 15) is 14.7 Å². The number of aliphatic carboxylic acids is 1. The van der Waals surface area contributed by atoms with E-state index in [1.165, 1.54) is 12.0 Å². The van der Waals surface area contributed by atoms with Gasteiger partial charge in [-0.1, -0.05) is 0 Å². The number of carboxylic acid groups (broad SMARTS) is 1. The molecule has 1 aliphatic heterocycles. The van der Waals surface area contributed by atoms with Gasteiger partial charge in [0.2, 0.25) is 11.8 Å². The van der Waals surface area contributed by atoms with Gasteiger partial charge in [0.1, 0.15) is 23.5 Å². The number of hydrogen-bond acceptors (Lipinski definition) is 7. The molecule has 3 rings (SSSR count). The Bertz CT molecular complexity index is 949. The van der Waals surface area contributed by atoms with E-state index >= 15 is 0 Å². The van der Waals surface area contributed by atoms with E-state index in [2.05, 4.69) is 4.98 Å². The Morgan fingerprint density at radius 3 is 2.50 bits per heavy atom. The number of carboxylic acids is 1. The quantitative estimate of drug-likeness (QED) is 0.789. The van der Waals surface area contributed by atoms with Crippen LogP contribution in [0.5, 0.6) is 17.5 Å². The Morgan fingerprint density at radius 1 is 1.17 bits per heavy atom. The van der Waals surface area contributed by atoms with Gasteiger partial charge in [0, 0.05) is 17.9 Å². The van der Waals surface area contributed by atoms with Crippen LogP contribution in [0.1, 0.15) is 27.2 Å². The number of carbonyl (C=O) groups excluding carboxylic acids is 1. The Labute approximate surface area is 174 Å². The summed E-state index contributed by atoms with van der Waals surface area (Å²) < 4.78 is 21.9. The first-order chi connectivity index (χ1) is 14.1. The van der Waals surface area contributed by atoms with Gasteiger partial charge in [-0.15, -0.1) is 0 Å². The summed E-state index contributed by atoms with van der Waals surface area (Å²) in [5, 5.41) is 11.1. The van der Waals surface area contributed by atoms with Gasteiger partial charge in [-0.25, -0.2) is 9.59 Å². The fourth-order valence-electron chi connectivity index (χ4n) is 3.30. The van der Waals surface area contributed by atoms with Crippen molar-refractivity contribution in [1.82, 2.24) is 9.88 Å². The number of fused-ring (bicyclic) bond motifs is 1. The molecule has 1 amide bonds. The fraction of sp³-hybridized carbons (Fsp3) is 0.476. The smallest absolute Gasteiger partial charge is 0.411 e. The molecule has 0 radical (unpaired) electrons. The molecular formula is C21H26N2O7. The molecule has 1 aromatic heterocycles. The van der Waals surface area contributed by atoms with Gasteiger partial charge >= 0.3 is 12.1 Å². The summed E-state index contributed by atoms with van der Waals surface area (Å²) in [6, 6.07) is 6.14. The monoisotopic (exact) mass is 418 g/mol.